The lowest BCUT2D eigenvalue weighted by molar-refractivity contribution is -0.385. The number of para-hydroxylation sites is 1. The average Bonchev–Trinajstić information content (AvgIpc) is 3.04. The second kappa shape index (κ2) is 7.33. The number of anilines is 1. The van der Waals surface area contributed by atoms with Crippen LogP contribution >= 0.6 is 11.6 Å². The van der Waals surface area contributed by atoms with Crippen LogP contribution in [0.2, 0.25) is 5.02 Å². The van der Waals surface area contributed by atoms with Crippen LogP contribution in [0, 0.1) is 17.0 Å². The Morgan fingerprint density at radius 1 is 1.17 bits per heavy atom. The number of rotatable bonds is 4. The maximum atomic E-state index is 12.6. The van der Waals surface area contributed by atoms with Gasteiger partial charge in [-0.25, -0.2) is 9.67 Å². The van der Waals surface area contributed by atoms with Crippen molar-refractivity contribution in [2.24, 2.45) is 0 Å². The zero-order valence-electron chi connectivity index (χ0n) is 15.2. The molecule has 1 N–H and O–H groups in total. The molecular weight excluding hydrogens is 394 g/mol. The lowest BCUT2D eigenvalue weighted by atomic mass is 10.1. The van der Waals surface area contributed by atoms with Gasteiger partial charge in [-0.05, 0) is 37.3 Å². The largest absolute Gasteiger partial charge is 0.320 e. The van der Waals surface area contributed by atoms with Crippen LogP contribution in [0.25, 0.3) is 16.7 Å². The molecule has 2 aromatic heterocycles. The summed E-state index contributed by atoms with van der Waals surface area (Å²) >= 11 is 5.81. The number of nitrogens with one attached hydrogen (secondary N) is 1. The van der Waals surface area contributed by atoms with Gasteiger partial charge in [0, 0.05) is 16.5 Å². The number of carbonyl (C=O) groups excluding carboxylic acids is 1. The van der Waals surface area contributed by atoms with Gasteiger partial charge in [0.2, 0.25) is 0 Å². The van der Waals surface area contributed by atoms with E-state index >= 15 is 0 Å². The molecule has 2 aromatic carbocycles. The molecule has 0 fully saturated rings. The van der Waals surface area contributed by atoms with Crippen LogP contribution in [0.3, 0.4) is 0 Å². The number of nitrogens with zero attached hydrogens (tertiary/aromatic N) is 4. The molecular formula is C20H14ClN5O3. The summed E-state index contributed by atoms with van der Waals surface area (Å²) in [5.41, 5.74) is 2.21. The van der Waals surface area contributed by atoms with Crippen molar-refractivity contribution in [1.29, 1.82) is 0 Å². The molecule has 0 spiro atoms. The highest BCUT2D eigenvalue weighted by molar-refractivity contribution is 6.31. The van der Waals surface area contributed by atoms with E-state index in [9.17, 15) is 14.9 Å². The van der Waals surface area contributed by atoms with E-state index in [2.05, 4.69) is 15.4 Å². The lowest BCUT2D eigenvalue weighted by Gasteiger charge is -2.07. The zero-order valence-corrected chi connectivity index (χ0v) is 15.9. The standard InChI is InChI=1S/C20H14ClN5O3/c1-12-17-10-14(11-22-19(17)25(24-12)15-5-3-2-4-6-15)23-20(27)16-8-7-13(21)9-18(16)26(28)29/h2-11H,1H3,(H,23,27). The van der Waals surface area contributed by atoms with Gasteiger partial charge >= 0.3 is 0 Å². The molecule has 0 atom stereocenters. The van der Waals surface area contributed by atoms with Crippen LogP contribution in [-0.4, -0.2) is 25.6 Å². The molecule has 29 heavy (non-hydrogen) atoms. The third kappa shape index (κ3) is 3.53. The van der Waals surface area contributed by atoms with Gasteiger partial charge in [-0.15, -0.1) is 0 Å². The summed E-state index contributed by atoms with van der Waals surface area (Å²) < 4.78 is 1.72. The maximum absolute atomic E-state index is 12.6. The van der Waals surface area contributed by atoms with Crippen molar-refractivity contribution in [3.63, 3.8) is 0 Å². The molecule has 0 aliphatic carbocycles. The number of nitro benzene ring substituents is 1. The minimum Gasteiger partial charge on any atom is -0.320 e. The second-order valence-corrected chi connectivity index (χ2v) is 6.74. The van der Waals surface area contributed by atoms with Gasteiger partial charge in [0.05, 0.1) is 28.2 Å². The van der Waals surface area contributed by atoms with Crippen molar-refractivity contribution >= 4 is 39.9 Å². The second-order valence-electron chi connectivity index (χ2n) is 6.30. The van der Waals surface area contributed by atoms with Crippen molar-refractivity contribution in [2.45, 2.75) is 6.92 Å². The minimum absolute atomic E-state index is 0.0869. The maximum Gasteiger partial charge on any atom is 0.283 e. The SMILES string of the molecule is Cc1nn(-c2ccccc2)c2ncc(NC(=O)c3ccc(Cl)cc3[N+](=O)[O-])cc12. The van der Waals surface area contributed by atoms with E-state index in [1.807, 2.05) is 37.3 Å². The Bertz CT molecular complexity index is 1250. The Morgan fingerprint density at radius 3 is 2.66 bits per heavy atom. The summed E-state index contributed by atoms with van der Waals surface area (Å²) in [6.45, 7) is 1.85. The summed E-state index contributed by atoms with van der Waals surface area (Å²) in [7, 11) is 0. The van der Waals surface area contributed by atoms with Gasteiger partial charge in [0.15, 0.2) is 5.65 Å². The first-order valence-electron chi connectivity index (χ1n) is 8.60. The van der Waals surface area contributed by atoms with Crippen molar-refractivity contribution in [3.8, 4) is 5.69 Å². The van der Waals surface area contributed by atoms with Gasteiger partial charge in [-0.2, -0.15) is 5.10 Å². The first-order chi connectivity index (χ1) is 13.9. The van der Waals surface area contributed by atoms with Crippen LogP contribution in [-0.2, 0) is 0 Å². The van der Waals surface area contributed by atoms with Crippen molar-refractivity contribution in [1.82, 2.24) is 14.8 Å². The van der Waals surface area contributed by atoms with E-state index in [1.165, 1.54) is 18.3 Å². The molecule has 0 bridgehead atoms. The monoisotopic (exact) mass is 407 g/mol. The quantitative estimate of drug-likeness (QED) is 0.395. The van der Waals surface area contributed by atoms with E-state index in [0.717, 1.165) is 22.8 Å². The number of nitro groups is 1. The molecule has 9 heteroatoms. The van der Waals surface area contributed by atoms with Crippen LogP contribution < -0.4 is 5.32 Å². The van der Waals surface area contributed by atoms with Gasteiger partial charge in [0.1, 0.15) is 5.56 Å². The topological polar surface area (TPSA) is 103 Å². The lowest BCUT2D eigenvalue weighted by Crippen LogP contribution is -2.14. The molecule has 2 heterocycles. The molecule has 1 amide bonds. The molecule has 4 aromatic rings. The fourth-order valence-electron chi connectivity index (χ4n) is 3.01. The Kier molecular flexibility index (Phi) is 4.69. The Morgan fingerprint density at radius 2 is 1.93 bits per heavy atom. The average molecular weight is 408 g/mol. The van der Waals surface area contributed by atoms with Crippen LogP contribution in [0.15, 0.2) is 60.8 Å². The predicted molar refractivity (Wildman–Crippen MR) is 110 cm³/mol. The van der Waals surface area contributed by atoms with Crippen molar-refractivity contribution in [3.05, 3.63) is 87.2 Å². The number of benzene rings is 2. The summed E-state index contributed by atoms with van der Waals surface area (Å²) in [6.07, 6.45) is 1.49. The van der Waals surface area contributed by atoms with Gasteiger partial charge < -0.3 is 5.32 Å². The van der Waals surface area contributed by atoms with E-state index in [0.29, 0.717) is 11.3 Å². The third-order valence-electron chi connectivity index (χ3n) is 4.37. The van der Waals surface area contributed by atoms with Crippen LogP contribution in [0.4, 0.5) is 11.4 Å². The Hall–Kier alpha value is -3.78. The Labute approximate surface area is 169 Å². The minimum atomic E-state index is -0.643. The van der Waals surface area contributed by atoms with Gasteiger partial charge in [-0.3, -0.25) is 14.9 Å². The number of pyridine rings is 1. The predicted octanol–water partition coefficient (Wildman–Crippen LogP) is 4.54. The van der Waals surface area contributed by atoms with E-state index in [1.54, 1.807) is 10.7 Å². The summed E-state index contributed by atoms with van der Waals surface area (Å²) in [6, 6.07) is 15.2. The summed E-state index contributed by atoms with van der Waals surface area (Å²) in [5, 5.41) is 19.4. The van der Waals surface area contributed by atoms with Gasteiger partial charge in [0.25, 0.3) is 11.6 Å². The molecule has 8 nitrogen and oxygen atoms in total. The number of halogens is 1. The molecule has 144 valence electrons. The van der Waals surface area contributed by atoms with E-state index < -0.39 is 10.8 Å². The van der Waals surface area contributed by atoms with E-state index in [-0.39, 0.29) is 16.3 Å². The molecule has 0 aliphatic heterocycles. The first kappa shape index (κ1) is 18.6. The molecule has 4 rings (SSSR count). The number of aromatic nitrogens is 3. The number of fused-ring (bicyclic) bond motifs is 1. The van der Waals surface area contributed by atoms with Crippen molar-refractivity contribution in [2.75, 3.05) is 5.32 Å². The number of aryl methyl sites for hydroxylation is 1. The zero-order chi connectivity index (χ0) is 20.5. The van der Waals surface area contributed by atoms with Crippen molar-refractivity contribution < 1.29 is 9.72 Å². The molecule has 0 saturated heterocycles. The smallest absolute Gasteiger partial charge is 0.283 e. The molecule has 0 radical (unpaired) electrons. The Balaban J connectivity index is 1.69. The highest BCUT2D eigenvalue weighted by Gasteiger charge is 2.21. The van der Waals surface area contributed by atoms with Gasteiger partial charge in [-0.1, -0.05) is 29.8 Å². The fourth-order valence-corrected chi connectivity index (χ4v) is 3.17. The first-order valence-corrected chi connectivity index (χ1v) is 8.98. The number of hydrogen-bond donors (Lipinski definition) is 1. The number of hydrogen-bond acceptors (Lipinski definition) is 5. The molecule has 0 unspecified atom stereocenters. The normalized spacial score (nSPS) is 10.8. The highest BCUT2D eigenvalue weighted by atomic mass is 35.5. The van der Waals surface area contributed by atoms with Crippen LogP contribution in [0.1, 0.15) is 16.1 Å². The molecule has 0 aliphatic rings. The van der Waals surface area contributed by atoms with E-state index in [4.69, 9.17) is 11.6 Å². The van der Waals surface area contributed by atoms with Crippen LogP contribution in [0.5, 0.6) is 0 Å². The third-order valence-corrected chi connectivity index (χ3v) is 4.60. The number of amides is 1. The fraction of sp³-hybridized carbons (Fsp3) is 0.0500. The number of carbonyl (C=O) groups is 1. The molecule has 0 saturated carbocycles. The summed E-state index contributed by atoms with van der Waals surface area (Å²) in [4.78, 5) is 27.6. The summed E-state index contributed by atoms with van der Waals surface area (Å²) in [5.74, 6) is -0.623. The highest BCUT2D eigenvalue weighted by Crippen LogP contribution is 2.26.